The molecule has 0 saturated heterocycles. The number of fused-ring (bicyclic) bond motifs is 1. The number of aromatic nitrogens is 2. The van der Waals surface area contributed by atoms with Crippen LogP contribution in [0.15, 0.2) is 47.4 Å². The van der Waals surface area contributed by atoms with Crippen LogP contribution >= 0.6 is 0 Å². The number of nitrogens with zero attached hydrogens (tertiary/aromatic N) is 2. The number of nitrogens with one attached hydrogen (secondary N) is 2. The summed E-state index contributed by atoms with van der Waals surface area (Å²) in [5.74, 6) is -0.873. The second-order valence-corrected chi connectivity index (χ2v) is 6.46. The van der Waals surface area contributed by atoms with Gasteiger partial charge in [-0.1, -0.05) is 17.7 Å². The van der Waals surface area contributed by atoms with E-state index in [1.54, 1.807) is 24.3 Å². The molecule has 7 nitrogen and oxygen atoms in total. The van der Waals surface area contributed by atoms with Gasteiger partial charge in [-0.3, -0.25) is 14.4 Å². The van der Waals surface area contributed by atoms with E-state index in [2.05, 4.69) is 15.3 Å². The predicted octanol–water partition coefficient (Wildman–Crippen LogP) is 2.25. The smallest absolute Gasteiger partial charge is 0.259 e. The molecule has 0 unspecified atom stereocenters. The third-order valence-corrected chi connectivity index (χ3v) is 4.17. The van der Waals surface area contributed by atoms with Crippen LogP contribution in [0.2, 0.25) is 0 Å². The van der Waals surface area contributed by atoms with Gasteiger partial charge in [-0.05, 0) is 38.1 Å². The highest BCUT2D eigenvalue weighted by Gasteiger charge is 2.19. The molecule has 2 N–H and O–H groups in total. The van der Waals surface area contributed by atoms with Crippen molar-refractivity contribution in [3.63, 3.8) is 0 Å². The molecule has 0 atom stereocenters. The first-order chi connectivity index (χ1) is 12.8. The van der Waals surface area contributed by atoms with Crippen molar-refractivity contribution in [2.24, 2.45) is 0 Å². The van der Waals surface area contributed by atoms with Gasteiger partial charge in [-0.25, -0.2) is 4.98 Å². The van der Waals surface area contributed by atoms with Crippen LogP contribution in [-0.4, -0.2) is 40.3 Å². The van der Waals surface area contributed by atoms with E-state index < -0.39 is 11.3 Å². The molecular weight excluding hydrogens is 344 g/mol. The Morgan fingerprint density at radius 2 is 1.81 bits per heavy atom. The van der Waals surface area contributed by atoms with Crippen LogP contribution in [0, 0.1) is 13.8 Å². The fourth-order valence-electron chi connectivity index (χ4n) is 2.69. The second kappa shape index (κ2) is 7.41. The van der Waals surface area contributed by atoms with Crippen molar-refractivity contribution in [3.05, 3.63) is 69.6 Å². The summed E-state index contributed by atoms with van der Waals surface area (Å²) in [5.41, 5.74) is 2.49. The molecule has 0 saturated carbocycles. The van der Waals surface area contributed by atoms with E-state index in [0.29, 0.717) is 16.7 Å². The number of carbonyl (C=O) groups is 2. The van der Waals surface area contributed by atoms with Crippen molar-refractivity contribution in [1.29, 1.82) is 0 Å². The number of rotatable bonds is 4. The molecule has 7 heteroatoms. The van der Waals surface area contributed by atoms with E-state index in [4.69, 9.17) is 0 Å². The van der Waals surface area contributed by atoms with Crippen molar-refractivity contribution >= 4 is 28.5 Å². The molecule has 0 fully saturated rings. The maximum Gasteiger partial charge on any atom is 0.259 e. The Labute approximate surface area is 156 Å². The van der Waals surface area contributed by atoms with E-state index in [0.717, 1.165) is 11.3 Å². The van der Waals surface area contributed by atoms with E-state index >= 15 is 0 Å². The van der Waals surface area contributed by atoms with Gasteiger partial charge in [-0.2, -0.15) is 0 Å². The van der Waals surface area contributed by atoms with E-state index in [9.17, 15) is 14.4 Å². The molecule has 0 radical (unpaired) electrons. The minimum absolute atomic E-state index is 0.0289. The van der Waals surface area contributed by atoms with Gasteiger partial charge in [0.2, 0.25) is 11.3 Å². The SMILES string of the molecule is Cc1ccc(NC(=O)CN(C)C(=O)c2c[nH]c3nc(C)ccc3c2=O)cc1. The Hall–Kier alpha value is -3.48. The Bertz CT molecular complexity index is 1070. The monoisotopic (exact) mass is 364 g/mol. The number of aryl methyl sites for hydroxylation is 2. The van der Waals surface area contributed by atoms with E-state index in [1.165, 1.54) is 18.1 Å². The van der Waals surface area contributed by atoms with Gasteiger partial charge in [0.15, 0.2) is 0 Å². The highest BCUT2D eigenvalue weighted by molar-refractivity contribution is 6.00. The third-order valence-electron chi connectivity index (χ3n) is 4.17. The van der Waals surface area contributed by atoms with Crippen molar-refractivity contribution in [3.8, 4) is 0 Å². The van der Waals surface area contributed by atoms with Gasteiger partial charge >= 0.3 is 0 Å². The molecule has 2 aromatic heterocycles. The lowest BCUT2D eigenvalue weighted by Gasteiger charge is -2.17. The molecule has 2 heterocycles. The van der Waals surface area contributed by atoms with Gasteiger partial charge < -0.3 is 15.2 Å². The first-order valence-electron chi connectivity index (χ1n) is 8.46. The van der Waals surface area contributed by atoms with Crippen molar-refractivity contribution < 1.29 is 9.59 Å². The molecule has 0 aliphatic carbocycles. The molecule has 0 spiro atoms. The highest BCUT2D eigenvalue weighted by atomic mass is 16.2. The molecule has 2 amide bonds. The minimum atomic E-state index is -0.530. The lowest BCUT2D eigenvalue weighted by atomic mass is 10.1. The zero-order valence-corrected chi connectivity index (χ0v) is 15.4. The summed E-state index contributed by atoms with van der Waals surface area (Å²) >= 11 is 0. The Morgan fingerprint density at radius 1 is 1.11 bits per heavy atom. The first kappa shape index (κ1) is 18.3. The number of carbonyl (C=O) groups excluding carboxylic acids is 2. The summed E-state index contributed by atoms with van der Waals surface area (Å²) in [6, 6.07) is 10.7. The summed E-state index contributed by atoms with van der Waals surface area (Å²) in [4.78, 5) is 45.7. The maximum atomic E-state index is 12.6. The zero-order valence-electron chi connectivity index (χ0n) is 15.4. The van der Waals surface area contributed by atoms with Crippen LogP contribution in [0.25, 0.3) is 11.0 Å². The van der Waals surface area contributed by atoms with Crippen LogP contribution < -0.4 is 10.7 Å². The van der Waals surface area contributed by atoms with E-state index in [-0.39, 0.29) is 18.0 Å². The number of pyridine rings is 2. The number of hydrogen-bond acceptors (Lipinski definition) is 4. The number of benzene rings is 1. The fourth-order valence-corrected chi connectivity index (χ4v) is 2.69. The van der Waals surface area contributed by atoms with Gasteiger partial charge in [0.05, 0.1) is 11.9 Å². The number of anilines is 1. The average Bonchev–Trinajstić information content (AvgIpc) is 2.63. The molecule has 3 aromatic rings. The molecule has 0 aliphatic heterocycles. The summed E-state index contributed by atoms with van der Waals surface area (Å²) < 4.78 is 0. The summed E-state index contributed by atoms with van der Waals surface area (Å²) in [6.07, 6.45) is 1.34. The summed E-state index contributed by atoms with van der Waals surface area (Å²) in [5, 5.41) is 3.07. The fraction of sp³-hybridized carbons (Fsp3) is 0.200. The lowest BCUT2D eigenvalue weighted by molar-refractivity contribution is -0.116. The van der Waals surface area contributed by atoms with Crippen molar-refractivity contribution in [1.82, 2.24) is 14.9 Å². The molecule has 1 aromatic carbocycles. The average molecular weight is 364 g/mol. The topological polar surface area (TPSA) is 95.2 Å². The number of aromatic amines is 1. The van der Waals surface area contributed by atoms with Gasteiger partial charge in [0, 0.05) is 24.6 Å². The molecule has 27 heavy (non-hydrogen) atoms. The molecule has 3 rings (SSSR count). The first-order valence-corrected chi connectivity index (χ1v) is 8.46. The Morgan fingerprint density at radius 3 is 2.52 bits per heavy atom. The maximum absolute atomic E-state index is 12.6. The van der Waals surface area contributed by atoms with Crippen LogP contribution in [-0.2, 0) is 4.79 Å². The summed E-state index contributed by atoms with van der Waals surface area (Å²) in [6.45, 7) is 3.60. The van der Waals surface area contributed by atoms with Gasteiger partial charge in [0.1, 0.15) is 11.2 Å². The number of likely N-dealkylation sites (N-methyl/N-ethyl adjacent to an activating group) is 1. The number of H-pyrrole nitrogens is 1. The molecular formula is C20H20N4O3. The van der Waals surface area contributed by atoms with Crippen molar-refractivity contribution in [2.75, 3.05) is 18.9 Å². The van der Waals surface area contributed by atoms with Crippen LogP contribution in [0.4, 0.5) is 5.69 Å². The highest BCUT2D eigenvalue weighted by Crippen LogP contribution is 2.10. The van der Waals surface area contributed by atoms with Gasteiger partial charge in [-0.15, -0.1) is 0 Å². The third kappa shape index (κ3) is 4.03. The Balaban J connectivity index is 1.75. The number of amides is 2. The largest absolute Gasteiger partial charge is 0.345 e. The quantitative estimate of drug-likeness (QED) is 0.742. The normalized spacial score (nSPS) is 10.6. The van der Waals surface area contributed by atoms with Crippen LogP contribution in [0.1, 0.15) is 21.6 Å². The van der Waals surface area contributed by atoms with Crippen molar-refractivity contribution in [2.45, 2.75) is 13.8 Å². The predicted molar refractivity (Wildman–Crippen MR) is 104 cm³/mol. The van der Waals surface area contributed by atoms with E-state index in [1.807, 2.05) is 26.0 Å². The zero-order chi connectivity index (χ0) is 19.6. The summed E-state index contributed by atoms with van der Waals surface area (Å²) in [7, 11) is 1.48. The van der Waals surface area contributed by atoms with Gasteiger partial charge in [0.25, 0.3) is 5.91 Å². The Kier molecular flexibility index (Phi) is 5.03. The second-order valence-electron chi connectivity index (χ2n) is 6.46. The molecule has 0 aliphatic rings. The number of hydrogen-bond donors (Lipinski definition) is 2. The minimum Gasteiger partial charge on any atom is -0.345 e. The standard InChI is InChI=1S/C20H20N4O3/c1-12-4-7-14(8-5-12)23-17(25)11-24(3)20(27)16-10-21-19-15(18(16)26)9-6-13(2)22-19/h4-10H,11H2,1-3H3,(H,23,25)(H,21,22,26). The molecule has 0 bridgehead atoms. The van der Waals surface area contributed by atoms with Crippen LogP contribution in [0.5, 0.6) is 0 Å². The van der Waals surface area contributed by atoms with Crippen LogP contribution in [0.3, 0.4) is 0 Å². The molecule has 138 valence electrons. The lowest BCUT2D eigenvalue weighted by Crippen LogP contribution is -2.37.